The van der Waals surface area contributed by atoms with Gasteiger partial charge in [-0.3, -0.25) is 4.79 Å². The summed E-state index contributed by atoms with van der Waals surface area (Å²) in [7, 11) is 0. The van der Waals surface area contributed by atoms with E-state index in [-0.39, 0.29) is 5.56 Å². The van der Waals surface area contributed by atoms with Crippen molar-refractivity contribution in [2.45, 2.75) is 13.0 Å². The second kappa shape index (κ2) is 8.85. The molecule has 0 saturated heterocycles. The highest BCUT2D eigenvalue weighted by Crippen LogP contribution is 2.13. The number of nitrogens with one attached hydrogen (secondary N) is 1. The topological polar surface area (TPSA) is 51.5 Å². The standard InChI is InChI=1S/C17H17F2NO3/c18-15-5-1-6-16(19)14(15)7-8-17(21)20-9-3-10-22-12-13-4-2-11-23-13/h1-2,4-8,11H,3,9-10,12H2,(H,20,21). The number of furan rings is 1. The SMILES string of the molecule is O=C(C=Cc1c(F)cccc1F)NCCCOCc1ccco1. The number of hydrogen-bond acceptors (Lipinski definition) is 3. The van der Waals surface area contributed by atoms with Crippen LogP contribution in [0.1, 0.15) is 17.7 Å². The second-order valence-corrected chi connectivity index (χ2v) is 4.75. The van der Waals surface area contributed by atoms with E-state index in [4.69, 9.17) is 9.15 Å². The van der Waals surface area contributed by atoms with E-state index in [9.17, 15) is 13.6 Å². The van der Waals surface area contributed by atoms with Crippen LogP contribution in [-0.2, 0) is 16.1 Å². The molecule has 0 aliphatic rings. The Hall–Kier alpha value is -2.47. The number of rotatable bonds is 8. The average Bonchev–Trinajstić information content (AvgIpc) is 3.03. The maximum Gasteiger partial charge on any atom is 0.244 e. The van der Waals surface area contributed by atoms with Gasteiger partial charge in [0.25, 0.3) is 0 Å². The van der Waals surface area contributed by atoms with Gasteiger partial charge in [-0.05, 0) is 36.8 Å². The molecule has 122 valence electrons. The molecule has 0 spiro atoms. The largest absolute Gasteiger partial charge is 0.467 e. The first kappa shape index (κ1) is 16.9. The van der Waals surface area contributed by atoms with E-state index in [0.29, 0.717) is 26.2 Å². The van der Waals surface area contributed by atoms with Crippen molar-refractivity contribution >= 4 is 12.0 Å². The number of benzene rings is 1. The van der Waals surface area contributed by atoms with Gasteiger partial charge in [0.1, 0.15) is 24.0 Å². The van der Waals surface area contributed by atoms with Crippen LogP contribution in [0.3, 0.4) is 0 Å². The Labute approximate surface area is 132 Å². The summed E-state index contributed by atoms with van der Waals surface area (Å²) in [4.78, 5) is 11.6. The molecule has 2 rings (SSSR count). The van der Waals surface area contributed by atoms with E-state index < -0.39 is 17.5 Å². The summed E-state index contributed by atoms with van der Waals surface area (Å²) in [6.07, 6.45) is 4.41. The lowest BCUT2D eigenvalue weighted by atomic mass is 10.2. The molecular weight excluding hydrogens is 304 g/mol. The van der Waals surface area contributed by atoms with Gasteiger partial charge in [-0.15, -0.1) is 0 Å². The smallest absolute Gasteiger partial charge is 0.244 e. The molecule has 2 aromatic rings. The Morgan fingerprint density at radius 3 is 2.70 bits per heavy atom. The molecule has 0 unspecified atom stereocenters. The molecule has 0 bridgehead atoms. The molecule has 6 heteroatoms. The van der Waals surface area contributed by atoms with Crippen molar-refractivity contribution in [3.8, 4) is 0 Å². The number of hydrogen-bond donors (Lipinski definition) is 1. The third kappa shape index (κ3) is 5.67. The van der Waals surface area contributed by atoms with Crippen molar-refractivity contribution in [1.82, 2.24) is 5.32 Å². The fourth-order valence-electron chi connectivity index (χ4n) is 1.84. The molecule has 23 heavy (non-hydrogen) atoms. The van der Waals surface area contributed by atoms with Crippen LogP contribution >= 0.6 is 0 Å². The van der Waals surface area contributed by atoms with Crippen LogP contribution in [0.4, 0.5) is 8.78 Å². The molecule has 4 nitrogen and oxygen atoms in total. The molecule has 0 radical (unpaired) electrons. The van der Waals surface area contributed by atoms with Crippen molar-refractivity contribution in [3.05, 3.63) is 65.6 Å². The van der Waals surface area contributed by atoms with Gasteiger partial charge in [-0.2, -0.15) is 0 Å². The van der Waals surface area contributed by atoms with E-state index >= 15 is 0 Å². The maximum atomic E-state index is 13.4. The average molecular weight is 321 g/mol. The van der Waals surface area contributed by atoms with Gasteiger partial charge in [0.2, 0.25) is 5.91 Å². The minimum Gasteiger partial charge on any atom is -0.467 e. The van der Waals surface area contributed by atoms with Crippen LogP contribution in [-0.4, -0.2) is 19.1 Å². The lowest BCUT2D eigenvalue weighted by Crippen LogP contribution is -2.23. The van der Waals surface area contributed by atoms with E-state index in [1.165, 1.54) is 6.07 Å². The molecule has 1 aromatic heterocycles. The number of halogens is 2. The van der Waals surface area contributed by atoms with E-state index in [1.807, 2.05) is 6.07 Å². The Morgan fingerprint density at radius 2 is 2.00 bits per heavy atom. The molecule has 0 aliphatic carbocycles. The Balaban J connectivity index is 1.64. The normalized spacial score (nSPS) is 11.0. The molecule has 1 heterocycles. The summed E-state index contributed by atoms with van der Waals surface area (Å²) in [5, 5.41) is 2.61. The second-order valence-electron chi connectivity index (χ2n) is 4.75. The van der Waals surface area contributed by atoms with Crippen molar-refractivity contribution in [1.29, 1.82) is 0 Å². The lowest BCUT2D eigenvalue weighted by Gasteiger charge is -2.03. The molecule has 1 amide bonds. The summed E-state index contributed by atoms with van der Waals surface area (Å²) >= 11 is 0. The number of ether oxygens (including phenoxy) is 1. The van der Waals surface area contributed by atoms with Gasteiger partial charge in [0, 0.05) is 24.8 Å². The summed E-state index contributed by atoms with van der Waals surface area (Å²) in [6, 6.07) is 7.14. The van der Waals surface area contributed by atoms with Crippen LogP contribution in [0, 0.1) is 11.6 Å². The number of carbonyl (C=O) groups is 1. The third-order valence-corrected chi connectivity index (χ3v) is 2.99. The summed E-state index contributed by atoms with van der Waals surface area (Å²) in [5.74, 6) is -1.09. The molecule has 0 aliphatic heterocycles. The van der Waals surface area contributed by atoms with Crippen LogP contribution in [0.5, 0.6) is 0 Å². The van der Waals surface area contributed by atoms with Gasteiger partial charge in [-0.25, -0.2) is 8.78 Å². The molecule has 0 saturated carbocycles. The van der Waals surface area contributed by atoms with E-state index in [2.05, 4.69) is 5.32 Å². The van der Waals surface area contributed by atoms with E-state index in [1.54, 1.807) is 12.3 Å². The monoisotopic (exact) mass is 321 g/mol. The van der Waals surface area contributed by atoms with Crippen molar-refractivity contribution in [2.75, 3.05) is 13.2 Å². The predicted molar refractivity (Wildman–Crippen MR) is 81.4 cm³/mol. The molecule has 1 N–H and O–H groups in total. The lowest BCUT2D eigenvalue weighted by molar-refractivity contribution is -0.116. The first-order valence-corrected chi connectivity index (χ1v) is 7.17. The van der Waals surface area contributed by atoms with Gasteiger partial charge in [-0.1, -0.05) is 6.07 Å². The first-order valence-electron chi connectivity index (χ1n) is 7.17. The third-order valence-electron chi connectivity index (χ3n) is 2.99. The van der Waals surface area contributed by atoms with Crippen LogP contribution in [0.2, 0.25) is 0 Å². The fourth-order valence-corrected chi connectivity index (χ4v) is 1.84. The van der Waals surface area contributed by atoms with Gasteiger partial charge in [0.05, 0.1) is 6.26 Å². The minimum absolute atomic E-state index is 0.232. The van der Waals surface area contributed by atoms with Crippen molar-refractivity contribution in [3.63, 3.8) is 0 Å². The quantitative estimate of drug-likeness (QED) is 0.599. The highest BCUT2D eigenvalue weighted by Gasteiger charge is 2.05. The van der Waals surface area contributed by atoms with Crippen LogP contribution < -0.4 is 5.32 Å². The highest BCUT2D eigenvalue weighted by molar-refractivity contribution is 5.91. The van der Waals surface area contributed by atoms with Gasteiger partial charge < -0.3 is 14.5 Å². The fraction of sp³-hybridized carbons (Fsp3) is 0.235. The van der Waals surface area contributed by atoms with Crippen LogP contribution in [0.15, 0.2) is 47.1 Å². The minimum atomic E-state index is -0.708. The highest BCUT2D eigenvalue weighted by atomic mass is 19.1. The van der Waals surface area contributed by atoms with Crippen molar-refractivity contribution in [2.24, 2.45) is 0 Å². The zero-order chi connectivity index (χ0) is 16.5. The zero-order valence-electron chi connectivity index (χ0n) is 12.4. The van der Waals surface area contributed by atoms with Crippen molar-refractivity contribution < 1.29 is 22.7 Å². The van der Waals surface area contributed by atoms with E-state index in [0.717, 1.165) is 30.0 Å². The van der Waals surface area contributed by atoms with Gasteiger partial charge >= 0.3 is 0 Å². The Kier molecular flexibility index (Phi) is 6.50. The predicted octanol–water partition coefficient (Wildman–Crippen LogP) is 3.29. The molecule has 0 fully saturated rings. The number of carbonyl (C=O) groups excluding carboxylic acids is 1. The zero-order valence-corrected chi connectivity index (χ0v) is 12.4. The molecular formula is C17H17F2NO3. The number of amides is 1. The first-order chi connectivity index (χ1) is 11.2. The van der Waals surface area contributed by atoms with Crippen LogP contribution in [0.25, 0.3) is 6.08 Å². The Bertz CT molecular complexity index is 634. The Morgan fingerprint density at radius 1 is 1.22 bits per heavy atom. The summed E-state index contributed by atoms with van der Waals surface area (Å²) in [5.41, 5.74) is -0.232. The summed E-state index contributed by atoms with van der Waals surface area (Å²) in [6.45, 7) is 1.25. The maximum absolute atomic E-state index is 13.4. The van der Waals surface area contributed by atoms with Gasteiger partial charge in [0.15, 0.2) is 0 Å². The molecule has 0 atom stereocenters. The summed E-state index contributed by atoms with van der Waals surface area (Å²) < 4.78 is 37.2. The molecule has 1 aromatic carbocycles.